The highest BCUT2D eigenvalue weighted by Crippen LogP contribution is 2.16. The molecule has 2 heterocycles. The van der Waals surface area contributed by atoms with Crippen LogP contribution in [0.2, 0.25) is 0 Å². The van der Waals surface area contributed by atoms with E-state index in [1.165, 1.54) is 0 Å². The first-order valence-corrected chi connectivity index (χ1v) is 4.11. The molecule has 0 fully saturated rings. The van der Waals surface area contributed by atoms with Gasteiger partial charge in [0.25, 0.3) is 0 Å². The Morgan fingerprint density at radius 3 is 2.83 bits per heavy atom. The monoisotopic (exact) mass is 158 g/mol. The molecule has 1 aliphatic rings. The minimum absolute atomic E-state index is 0.966. The maximum atomic E-state index is 4.27. The molecule has 12 heavy (non-hydrogen) atoms. The Morgan fingerprint density at radius 1 is 1.17 bits per heavy atom. The van der Waals surface area contributed by atoms with Crippen molar-refractivity contribution in [1.82, 2.24) is 4.98 Å². The molecule has 0 amide bonds. The summed E-state index contributed by atoms with van der Waals surface area (Å²) in [6.45, 7) is 0. The van der Waals surface area contributed by atoms with Gasteiger partial charge in [-0.3, -0.25) is 9.98 Å². The second kappa shape index (κ2) is 3.30. The lowest BCUT2D eigenvalue weighted by Gasteiger charge is -2.03. The van der Waals surface area contributed by atoms with Crippen LogP contribution in [-0.2, 0) is 0 Å². The quantitative estimate of drug-likeness (QED) is 0.615. The summed E-state index contributed by atoms with van der Waals surface area (Å²) in [5.41, 5.74) is 1.97. The van der Waals surface area contributed by atoms with Crippen LogP contribution >= 0.6 is 0 Å². The molecule has 0 aliphatic carbocycles. The zero-order valence-electron chi connectivity index (χ0n) is 6.77. The van der Waals surface area contributed by atoms with Crippen molar-refractivity contribution in [2.45, 2.75) is 12.8 Å². The normalized spacial score (nSPS) is 15.8. The van der Waals surface area contributed by atoms with E-state index in [-0.39, 0.29) is 0 Å². The van der Waals surface area contributed by atoms with Gasteiger partial charge in [-0.15, -0.1) is 0 Å². The van der Waals surface area contributed by atoms with Gasteiger partial charge in [0.05, 0.1) is 11.4 Å². The Balaban J connectivity index is 2.31. The summed E-state index contributed by atoms with van der Waals surface area (Å²) in [7, 11) is 0. The highest BCUT2D eigenvalue weighted by Gasteiger charge is 2.01. The predicted octanol–water partition coefficient (Wildman–Crippen LogP) is 2.29. The predicted molar refractivity (Wildman–Crippen MR) is 49.9 cm³/mol. The Hall–Kier alpha value is -1.44. The maximum Gasteiger partial charge on any atom is 0.0882 e. The number of aliphatic imine (C=N–C) groups is 1. The number of hydrogen-bond donors (Lipinski definition) is 0. The second-order valence-electron chi connectivity index (χ2n) is 2.69. The third-order valence-electron chi connectivity index (χ3n) is 1.79. The Bertz CT molecular complexity index is 312. The standard InChI is InChI=1S/C10H10N2/c1-3-7-11-9(5-1)10-6-2-4-8-12-10/h1,3,5-8H,2,4H2. The van der Waals surface area contributed by atoms with Gasteiger partial charge >= 0.3 is 0 Å². The Kier molecular flexibility index (Phi) is 1.99. The zero-order chi connectivity index (χ0) is 8.23. The SMILES string of the molecule is C1=NC(c2ccccn2)=CCC1. The third kappa shape index (κ3) is 1.42. The number of hydrogen-bond acceptors (Lipinski definition) is 2. The lowest BCUT2D eigenvalue weighted by molar-refractivity contribution is 1.08. The molecule has 0 N–H and O–H groups in total. The van der Waals surface area contributed by atoms with E-state index in [2.05, 4.69) is 16.1 Å². The van der Waals surface area contributed by atoms with Crippen LogP contribution in [0.1, 0.15) is 18.5 Å². The molecular weight excluding hydrogens is 148 g/mol. The van der Waals surface area contributed by atoms with Crippen LogP contribution in [0.3, 0.4) is 0 Å². The van der Waals surface area contributed by atoms with Crippen molar-refractivity contribution in [2.75, 3.05) is 0 Å². The molecule has 1 aliphatic heterocycles. The molecule has 0 unspecified atom stereocenters. The first-order chi connectivity index (χ1) is 5.97. The van der Waals surface area contributed by atoms with E-state index in [9.17, 15) is 0 Å². The first-order valence-electron chi connectivity index (χ1n) is 4.11. The van der Waals surface area contributed by atoms with Crippen LogP contribution in [-0.4, -0.2) is 11.2 Å². The van der Waals surface area contributed by atoms with Crippen LogP contribution in [0.4, 0.5) is 0 Å². The highest BCUT2D eigenvalue weighted by molar-refractivity contribution is 5.74. The summed E-state index contributed by atoms with van der Waals surface area (Å²) in [4.78, 5) is 8.49. The van der Waals surface area contributed by atoms with Crippen molar-refractivity contribution in [3.63, 3.8) is 0 Å². The molecule has 0 aromatic carbocycles. The van der Waals surface area contributed by atoms with Crippen molar-refractivity contribution in [3.8, 4) is 0 Å². The van der Waals surface area contributed by atoms with Crippen molar-refractivity contribution in [1.29, 1.82) is 0 Å². The van der Waals surface area contributed by atoms with Gasteiger partial charge in [0.15, 0.2) is 0 Å². The summed E-state index contributed by atoms with van der Waals surface area (Å²) in [6.07, 6.45) is 8.00. The molecule has 60 valence electrons. The van der Waals surface area contributed by atoms with Crippen molar-refractivity contribution in [3.05, 3.63) is 36.2 Å². The molecule has 0 saturated heterocycles. The fraction of sp³-hybridized carbons (Fsp3) is 0.200. The molecular formula is C10H10N2. The average Bonchev–Trinajstić information content (AvgIpc) is 2.21. The second-order valence-corrected chi connectivity index (χ2v) is 2.69. The van der Waals surface area contributed by atoms with Gasteiger partial charge in [-0.05, 0) is 25.0 Å². The summed E-state index contributed by atoms with van der Waals surface area (Å²) >= 11 is 0. The minimum atomic E-state index is 0.966. The number of aromatic nitrogens is 1. The highest BCUT2D eigenvalue weighted by atomic mass is 14.8. The largest absolute Gasteiger partial charge is 0.259 e. The van der Waals surface area contributed by atoms with Crippen LogP contribution in [0.25, 0.3) is 5.70 Å². The molecule has 0 spiro atoms. The van der Waals surface area contributed by atoms with E-state index in [1.807, 2.05) is 24.4 Å². The topological polar surface area (TPSA) is 25.2 Å². The van der Waals surface area contributed by atoms with E-state index in [0.717, 1.165) is 24.2 Å². The summed E-state index contributed by atoms with van der Waals surface area (Å²) in [6, 6.07) is 5.87. The van der Waals surface area contributed by atoms with Gasteiger partial charge in [0.1, 0.15) is 0 Å². The number of pyridine rings is 1. The van der Waals surface area contributed by atoms with E-state index in [1.54, 1.807) is 6.20 Å². The number of allylic oxidation sites excluding steroid dienone is 1. The van der Waals surface area contributed by atoms with E-state index in [4.69, 9.17) is 0 Å². The number of nitrogens with zero attached hydrogens (tertiary/aromatic N) is 2. The van der Waals surface area contributed by atoms with Gasteiger partial charge in [0.2, 0.25) is 0 Å². The lowest BCUT2D eigenvalue weighted by Crippen LogP contribution is -1.90. The molecule has 2 nitrogen and oxygen atoms in total. The fourth-order valence-electron chi connectivity index (χ4n) is 1.20. The van der Waals surface area contributed by atoms with E-state index < -0.39 is 0 Å². The fourth-order valence-corrected chi connectivity index (χ4v) is 1.20. The third-order valence-corrected chi connectivity index (χ3v) is 1.79. The summed E-state index contributed by atoms with van der Waals surface area (Å²) in [5, 5.41) is 0. The van der Waals surface area contributed by atoms with Crippen LogP contribution < -0.4 is 0 Å². The van der Waals surface area contributed by atoms with Gasteiger partial charge in [-0.25, -0.2) is 0 Å². The van der Waals surface area contributed by atoms with Crippen LogP contribution in [0.5, 0.6) is 0 Å². The molecule has 0 bridgehead atoms. The summed E-state index contributed by atoms with van der Waals surface area (Å²) in [5.74, 6) is 0. The van der Waals surface area contributed by atoms with E-state index >= 15 is 0 Å². The molecule has 1 aromatic rings. The molecule has 0 radical (unpaired) electrons. The molecule has 2 heteroatoms. The molecule has 0 saturated carbocycles. The average molecular weight is 158 g/mol. The first kappa shape index (κ1) is 7.22. The Morgan fingerprint density at radius 2 is 2.17 bits per heavy atom. The molecule has 0 atom stereocenters. The summed E-state index contributed by atoms with van der Waals surface area (Å²) < 4.78 is 0. The van der Waals surface area contributed by atoms with Gasteiger partial charge in [0, 0.05) is 12.4 Å². The van der Waals surface area contributed by atoms with Crippen molar-refractivity contribution < 1.29 is 0 Å². The van der Waals surface area contributed by atoms with Gasteiger partial charge < -0.3 is 0 Å². The number of rotatable bonds is 1. The van der Waals surface area contributed by atoms with Crippen LogP contribution in [0.15, 0.2) is 35.5 Å². The smallest absolute Gasteiger partial charge is 0.0882 e. The van der Waals surface area contributed by atoms with Crippen LogP contribution in [0, 0.1) is 0 Å². The van der Waals surface area contributed by atoms with E-state index in [0.29, 0.717) is 0 Å². The van der Waals surface area contributed by atoms with Crippen molar-refractivity contribution in [2.24, 2.45) is 4.99 Å². The minimum Gasteiger partial charge on any atom is -0.259 e. The maximum absolute atomic E-state index is 4.27. The molecule has 2 rings (SSSR count). The Labute approximate surface area is 71.7 Å². The van der Waals surface area contributed by atoms with Crippen molar-refractivity contribution >= 4 is 11.9 Å². The van der Waals surface area contributed by atoms with Gasteiger partial charge in [-0.2, -0.15) is 0 Å². The zero-order valence-corrected chi connectivity index (χ0v) is 6.77. The van der Waals surface area contributed by atoms with Gasteiger partial charge in [-0.1, -0.05) is 12.1 Å². The lowest BCUT2D eigenvalue weighted by atomic mass is 10.2. The molecule has 1 aromatic heterocycles.